The van der Waals surface area contributed by atoms with E-state index < -0.39 is 12.2 Å². The summed E-state index contributed by atoms with van der Waals surface area (Å²) >= 11 is 5.69. The van der Waals surface area contributed by atoms with Crippen LogP contribution in [0.15, 0.2) is 24.3 Å². The summed E-state index contributed by atoms with van der Waals surface area (Å²) < 4.78 is 8.95. The first-order chi connectivity index (χ1) is 7.60. The number of anilines is 1. The number of imide groups is 1. The Morgan fingerprint density at radius 3 is 1.88 bits per heavy atom. The Hall–Kier alpha value is -1.75. The number of amides is 2. The number of benzene rings is 1. The lowest BCUT2D eigenvalue weighted by atomic mass is 10.3. The molecule has 0 aliphatic rings. The molecule has 1 rings (SSSR count). The molecule has 0 atom stereocenters. The first-order valence-corrected chi connectivity index (χ1v) is 4.69. The van der Waals surface area contributed by atoms with Gasteiger partial charge in [0.15, 0.2) is 0 Å². The van der Waals surface area contributed by atoms with Gasteiger partial charge in [0.05, 0.1) is 19.9 Å². The molecule has 0 saturated heterocycles. The van der Waals surface area contributed by atoms with E-state index in [-0.39, 0.29) is 0 Å². The Bertz CT molecular complexity index is 374. The quantitative estimate of drug-likeness (QED) is 0.761. The smallest absolute Gasteiger partial charge is 0.423 e. The molecule has 2 amide bonds. The van der Waals surface area contributed by atoms with Crippen LogP contribution in [-0.2, 0) is 9.47 Å². The third kappa shape index (κ3) is 2.64. The first-order valence-electron chi connectivity index (χ1n) is 4.31. The summed E-state index contributed by atoms with van der Waals surface area (Å²) in [6, 6.07) is 6.12. The molecule has 0 saturated carbocycles. The minimum atomic E-state index is -0.825. The second-order valence-corrected chi connectivity index (χ2v) is 3.19. The molecule has 0 aromatic heterocycles. The van der Waals surface area contributed by atoms with Crippen molar-refractivity contribution >= 4 is 29.5 Å². The van der Waals surface area contributed by atoms with Crippen molar-refractivity contribution in [1.82, 2.24) is 0 Å². The molecule has 1 aromatic rings. The first kappa shape index (κ1) is 12.3. The van der Waals surface area contributed by atoms with Gasteiger partial charge in [0.2, 0.25) is 0 Å². The Kier molecular flexibility index (Phi) is 4.13. The Morgan fingerprint density at radius 2 is 1.50 bits per heavy atom. The predicted molar refractivity (Wildman–Crippen MR) is 58.7 cm³/mol. The minimum Gasteiger partial charge on any atom is -0.452 e. The summed E-state index contributed by atoms with van der Waals surface area (Å²) in [5, 5.41) is 0.499. The van der Waals surface area contributed by atoms with Crippen molar-refractivity contribution in [3.05, 3.63) is 29.3 Å². The highest BCUT2D eigenvalue weighted by molar-refractivity contribution is 6.30. The molecule has 0 heterocycles. The van der Waals surface area contributed by atoms with Crippen molar-refractivity contribution in [3.8, 4) is 0 Å². The van der Waals surface area contributed by atoms with E-state index in [1.807, 2.05) is 0 Å². The van der Waals surface area contributed by atoms with Gasteiger partial charge in [-0.3, -0.25) is 0 Å². The van der Waals surface area contributed by atoms with Gasteiger partial charge < -0.3 is 9.47 Å². The molecule has 0 aliphatic carbocycles. The maximum atomic E-state index is 11.4. The van der Waals surface area contributed by atoms with Crippen LogP contribution in [0.4, 0.5) is 15.3 Å². The van der Waals surface area contributed by atoms with Crippen molar-refractivity contribution in [2.24, 2.45) is 0 Å². The molecule has 5 nitrogen and oxygen atoms in total. The van der Waals surface area contributed by atoms with Crippen molar-refractivity contribution < 1.29 is 19.1 Å². The number of carbonyl (C=O) groups is 2. The standard InChI is InChI=1S/C10H10ClNO4/c1-15-9(13)12(10(14)16-2)8-5-3-7(11)4-6-8/h3-6H,1-2H3. The van der Waals surface area contributed by atoms with E-state index >= 15 is 0 Å². The fourth-order valence-corrected chi connectivity index (χ4v) is 1.18. The van der Waals surface area contributed by atoms with Crippen LogP contribution in [-0.4, -0.2) is 26.4 Å². The maximum Gasteiger partial charge on any atom is 0.423 e. The van der Waals surface area contributed by atoms with E-state index in [0.29, 0.717) is 10.7 Å². The largest absolute Gasteiger partial charge is 0.452 e. The van der Waals surface area contributed by atoms with Crippen LogP contribution in [0.25, 0.3) is 0 Å². The second kappa shape index (κ2) is 5.37. The van der Waals surface area contributed by atoms with E-state index in [4.69, 9.17) is 11.6 Å². The third-order valence-corrected chi connectivity index (χ3v) is 2.05. The van der Waals surface area contributed by atoms with Gasteiger partial charge in [0, 0.05) is 5.02 Å². The zero-order chi connectivity index (χ0) is 12.1. The van der Waals surface area contributed by atoms with Gasteiger partial charge in [-0.1, -0.05) is 11.6 Å². The SMILES string of the molecule is COC(=O)N(C(=O)OC)c1ccc(Cl)cc1. The fourth-order valence-electron chi connectivity index (χ4n) is 1.06. The summed E-state index contributed by atoms with van der Waals surface area (Å²) in [5.74, 6) is 0. The van der Waals surface area contributed by atoms with Crippen LogP contribution in [0.2, 0.25) is 5.02 Å². The van der Waals surface area contributed by atoms with Crippen LogP contribution in [0.1, 0.15) is 0 Å². The number of hydrogen-bond acceptors (Lipinski definition) is 4. The number of methoxy groups -OCH3 is 2. The van der Waals surface area contributed by atoms with Gasteiger partial charge in [-0.15, -0.1) is 0 Å². The van der Waals surface area contributed by atoms with Gasteiger partial charge in [0.1, 0.15) is 0 Å². The lowest BCUT2D eigenvalue weighted by Crippen LogP contribution is -2.36. The third-order valence-electron chi connectivity index (χ3n) is 1.80. The Labute approximate surface area is 97.5 Å². The molecule has 86 valence electrons. The zero-order valence-corrected chi connectivity index (χ0v) is 9.52. The zero-order valence-electron chi connectivity index (χ0n) is 8.77. The van der Waals surface area contributed by atoms with E-state index in [1.54, 1.807) is 12.1 Å². The highest BCUT2D eigenvalue weighted by atomic mass is 35.5. The number of rotatable bonds is 1. The van der Waals surface area contributed by atoms with Gasteiger partial charge in [0.25, 0.3) is 0 Å². The molecule has 1 aromatic carbocycles. The number of hydrogen-bond donors (Lipinski definition) is 0. The van der Waals surface area contributed by atoms with Crippen LogP contribution >= 0.6 is 11.6 Å². The molecule has 0 N–H and O–H groups in total. The normalized spacial score (nSPS) is 9.44. The highest BCUT2D eigenvalue weighted by Gasteiger charge is 2.24. The van der Waals surface area contributed by atoms with Crippen molar-refractivity contribution in [1.29, 1.82) is 0 Å². The molecule has 0 unspecified atom stereocenters. The molecule has 0 bridgehead atoms. The molecule has 0 spiro atoms. The van der Waals surface area contributed by atoms with Crippen LogP contribution in [0.3, 0.4) is 0 Å². The Morgan fingerprint density at radius 1 is 1.06 bits per heavy atom. The van der Waals surface area contributed by atoms with E-state index in [2.05, 4.69) is 9.47 Å². The molecule has 0 aliphatic heterocycles. The van der Waals surface area contributed by atoms with Crippen LogP contribution in [0.5, 0.6) is 0 Å². The van der Waals surface area contributed by atoms with Crippen molar-refractivity contribution in [2.45, 2.75) is 0 Å². The lowest BCUT2D eigenvalue weighted by molar-refractivity contribution is 0.159. The maximum absolute atomic E-state index is 11.4. The summed E-state index contributed by atoms with van der Waals surface area (Å²) in [4.78, 5) is 23.5. The number of carbonyl (C=O) groups excluding carboxylic acids is 2. The molecule has 6 heteroatoms. The molecular weight excluding hydrogens is 234 g/mol. The number of nitrogens with zero attached hydrogens (tertiary/aromatic N) is 1. The summed E-state index contributed by atoms with van der Waals surface area (Å²) in [5.41, 5.74) is 0.322. The average molecular weight is 244 g/mol. The van der Waals surface area contributed by atoms with Crippen molar-refractivity contribution in [2.75, 3.05) is 19.1 Å². The van der Waals surface area contributed by atoms with Gasteiger partial charge in [-0.25, -0.2) is 9.59 Å². The molecule has 16 heavy (non-hydrogen) atoms. The lowest BCUT2D eigenvalue weighted by Gasteiger charge is -2.17. The number of halogens is 1. The summed E-state index contributed by atoms with van der Waals surface area (Å²) in [6.45, 7) is 0. The van der Waals surface area contributed by atoms with Gasteiger partial charge in [-0.05, 0) is 24.3 Å². The summed E-state index contributed by atoms with van der Waals surface area (Å²) in [6.07, 6.45) is -1.65. The molecule has 0 fully saturated rings. The second-order valence-electron chi connectivity index (χ2n) is 2.75. The highest BCUT2D eigenvalue weighted by Crippen LogP contribution is 2.19. The van der Waals surface area contributed by atoms with E-state index in [1.165, 1.54) is 26.4 Å². The Balaban J connectivity index is 3.06. The predicted octanol–water partition coefficient (Wildman–Crippen LogP) is 2.68. The monoisotopic (exact) mass is 243 g/mol. The minimum absolute atomic E-state index is 0.322. The van der Waals surface area contributed by atoms with Crippen LogP contribution in [0, 0.1) is 0 Å². The molecular formula is C10H10ClNO4. The summed E-state index contributed by atoms with van der Waals surface area (Å²) in [7, 11) is 2.35. The topological polar surface area (TPSA) is 55.8 Å². The molecule has 0 radical (unpaired) electrons. The number of ether oxygens (including phenoxy) is 2. The van der Waals surface area contributed by atoms with Crippen LogP contribution < -0.4 is 4.90 Å². The van der Waals surface area contributed by atoms with Gasteiger partial charge in [-0.2, -0.15) is 4.90 Å². The average Bonchev–Trinajstić information content (AvgIpc) is 2.31. The van der Waals surface area contributed by atoms with Crippen molar-refractivity contribution in [3.63, 3.8) is 0 Å². The fraction of sp³-hybridized carbons (Fsp3) is 0.200. The van der Waals surface area contributed by atoms with Gasteiger partial charge >= 0.3 is 12.2 Å². The van der Waals surface area contributed by atoms with E-state index in [0.717, 1.165) is 4.90 Å². The van der Waals surface area contributed by atoms with E-state index in [9.17, 15) is 9.59 Å².